The van der Waals surface area contributed by atoms with Gasteiger partial charge in [-0.2, -0.15) is 0 Å². The molecule has 0 spiro atoms. The van der Waals surface area contributed by atoms with E-state index < -0.39 is 36.6 Å². The maximum atomic E-state index is 12.3. The van der Waals surface area contributed by atoms with E-state index in [4.69, 9.17) is 0 Å². The number of rotatable bonds is 6. The van der Waals surface area contributed by atoms with E-state index in [1.54, 1.807) is 0 Å². The van der Waals surface area contributed by atoms with Gasteiger partial charge in [0, 0.05) is 0 Å². The molecule has 103 valence electrons. The maximum absolute atomic E-state index is 12.3. The van der Waals surface area contributed by atoms with Gasteiger partial charge in [-0.05, 0) is 0 Å². The number of hydrogen-bond acceptors (Lipinski definition) is 6. The van der Waals surface area contributed by atoms with Crippen molar-refractivity contribution in [2.24, 2.45) is 0 Å². The van der Waals surface area contributed by atoms with Gasteiger partial charge in [0.2, 0.25) is 0 Å². The van der Waals surface area contributed by atoms with E-state index in [0.717, 1.165) is 0 Å². The first kappa shape index (κ1) is 17.5. The van der Waals surface area contributed by atoms with E-state index in [0.29, 0.717) is 0 Å². The molecule has 19 heavy (non-hydrogen) atoms. The van der Waals surface area contributed by atoms with Crippen LogP contribution >= 0.6 is 0 Å². The van der Waals surface area contributed by atoms with Gasteiger partial charge in [-0.3, -0.25) is 0 Å². The Morgan fingerprint density at radius 2 is 1.11 bits per heavy atom. The van der Waals surface area contributed by atoms with Gasteiger partial charge in [0.1, 0.15) is 0 Å². The summed E-state index contributed by atoms with van der Waals surface area (Å²) in [6, 6.07) is 0. The van der Waals surface area contributed by atoms with Crippen molar-refractivity contribution in [2.45, 2.75) is 20.8 Å². The van der Waals surface area contributed by atoms with Crippen LogP contribution in [0.25, 0.3) is 0 Å². The molecule has 0 rings (SSSR count). The van der Waals surface area contributed by atoms with Crippen LogP contribution in [0.3, 0.4) is 0 Å². The third-order valence-electron chi connectivity index (χ3n) is 1.82. The Bertz CT molecular complexity index is 496. The summed E-state index contributed by atoms with van der Waals surface area (Å²) in [6.45, 7) is 13.8. The van der Waals surface area contributed by atoms with E-state index in [-0.39, 0.29) is 16.7 Å². The summed E-state index contributed by atoms with van der Waals surface area (Å²) >= 11 is -5.82. The molecule has 0 atom stereocenters. The number of hydrogen-bond donors (Lipinski definition) is 0. The third kappa shape index (κ3) is 4.95. The van der Waals surface area contributed by atoms with Gasteiger partial charge in [-0.25, -0.2) is 0 Å². The van der Waals surface area contributed by atoms with Crippen LogP contribution in [0, 0.1) is 0 Å². The second kappa shape index (κ2) is 6.61. The number of carbonyl (C=O) groups excluding carboxylic acids is 3. The summed E-state index contributed by atoms with van der Waals surface area (Å²) in [6.07, 6.45) is 0. The molecule has 0 saturated heterocycles. The summed E-state index contributed by atoms with van der Waals surface area (Å²) < 4.78 is 20.4. The molecule has 0 aromatic carbocycles. The van der Waals surface area contributed by atoms with Gasteiger partial charge < -0.3 is 0 Å². The standard InChI is InChI=1S/2C4H6O2.C4H5O.O.Zr/c2*1-3(2)4(5)6;1-4(2)3-5;;/h2*1H2,2H3,(H,5,6);1H2,2H3;;/q;;;;+2/p-2. The van der Waals surface area contributed by atoms with Crippen molar-refractivity contribution in [3.05, 3.63) is 36.5 Å². The van der Waals surface area contributed by atoms with Crippen molar-refractivity contribution >= 4 is 15.4 Å². The molecule has 0 radical (unpaired) electrons. The van der Waals surface area contributed by atoms with E-state index >= 15 is 0 Å². The average Bonchev–Trinajstić information content (AvgIpc) is 2.26. The summed E-state index contributed by atoms with van der Waals surface area (Å²) in [7, 11) is 0. The zero-order valence-corrected chi connectivity index (χ0v) is 13.5. The summed E-state index contributed by atoms with van der Waals surface area (Å²) in [4.78, 5) is 34.5. The van der Waals surface area contributed by atoms with Gasteiger partial charge in [-0.15, -0.1) is 0 Å². The monoisotopic (exact) mass is 345 g/mol. The number of carbonyl (C=O) groups is 3. The molecular formula is C12H15O6Zr. The fourth-order valence-electron chi connectivity index (χ4n) is 0.793. The topological polar surface area (TPSA) is 86.7 Å². The number of allylic oxidation sites excluding steroid dienone is 1. The van der Waals surface area contributed by atoms with Crippen LogP contribution in [0.2, 0.25) is 0 Å². The molecule has 7 heteroatoms. The van der Waals surface area contributed by atoms with Crippen molar-refractivity contribution in [2.75, 3.05) is 0 Å². The third-order valence-corrected chi connectivity index (χ3v) is 6.47. The van der Waals surface area contributed by atoms with Crippen LogP contribution < -0.4 is 0 Å². The van der Waals surface area contributed by atoms with Gasteiger partial charge in [0.15, 0.2) is 0 Å². The Labute approximate surface area is 116 Å². The van der Waals surface area contributed by atoms with E-state index in [2.05, 4.69) is 25.4 Å². The molecule has 0 aliphatic carbocycles. The van der Waals surface area contributed by atoms with Crippen molar-refractivity contribution in [1.82, 2.24) is 0 Å². The first-order valence-electron chi connectivity index (χ1n) is 5.19. The molecule has 0 heterocycles. The Balaban J connectivity index is 5.43. The Morgan fingerprint density at radius 3 is 1.32 bits per heavy atom. The molecule has 0 unspecified atom stereocenters. The molecule has 6 nitrogen and oxygen atoms in total. The first-order valence-corrected chi connectivity index (χ1v) is 9.43. The van der Waals surface area contributed by atoms with Gasteiger partial charge in [-0.1, -0.05) is 0 Å². The summed E-state index contributed by atoms with van der Waals surface area (Å²) in [5, 5.41) is 0. The van der Waals surface area contributed by atoms with Crippen LogP contribution in [-0.4, -0.2) is 15.4 Å². The SMILES string of the molecule is C=C(C)C(=O)[O][Zr](=[O])([O]C(=O)C(=C)C)[C](=O)C(=C)C. The molecule has 0 aliphatic rings. The van der Waals surface area contributed by atoms with E-state index in [1.807, 2.05) is 0 Å². The molecule has 0 amide bonds. The van der Waals surface area contributed by atoms with E-state index in [9.17, 15) is 17.2 Å². The summed E-state index contributed by atoms with van der Waals surface area (Å²) in [5.41, 5.74) is -0.273. The normalized spacial score (nSPS) is 10.3. The predicted octanol–water partition coefficient (Wildman–Crippen LogP) is 1.66. The fraction of sp³-hybridized carbons (Fsp3) is 0.250. The van der Waals surface area contributed by atoms with E-state index in [1.165, 1.54) is 20.8 Å². The second-order valence-corrected chi connectivity index (χ2v) is 8.86. The molecule has 0 fully saturated rings. The summed E-state index contributed by atoms with van der Waals surface area (Å²) in [5.74, 6) is -2.12. The van der Waals surface area contributed by atoms with Crippen LogP contribution in [0.4, 0.5) is 0 Å². The van der Waals surface area contributed by atoms with Crippen LogP contribution in [0.5, 0.6) is 0 Å². The van der Waals surface area contributed by atoms with Crippen LogP contribution in [0.1, 0.15) is 20.8 Å². The molecule has 0 aromatic rings. The Kier molecular flexibility index (Phi) is 6.10. The quantitative estimate of drug-likeness (QED) is 0.680. The molecule has 0 bridgehead atoms. The van der Waals surface area contributed by atoms with Crippen LogP contribution in [-0.2, 0) is 44.0 Å². The van der Waals surface area contributed by atoms with Gasteiger partial charge >= 0.3 is 117 Å². The van der Waals surface area contributed by atoms with Crippen LogP contribution in [0.15, 0.2) is 36.5 Å². The zero-order valence-electron chi connectivity index (χ0n) is 11.1. The average molecular weight is 346 g/mol. The fourth-order valence-corrected chi connectivity index (χ4v) is 4.69. The second-order valence-electron chi connectivity index (χ2n) is 4.01. The van der Waals surface area contributed by atoms with Crippen molar-refractivity contribution in [1.29, 1.82) is 0 Å². The molecule has 0 N–H and O–H groups in total. The first-order chi connectivity index (χ1) is 8.51. The molecular weight excluding hydrogens is 331 g/mol. The van der Waals surface area contributed by atoms with Crippen molar-refractivity contribution in [3.8, 4) is 0 Å². The minimum atomic E-state index is -5.82. The zero-order chi connectivity index (χ0) is 15.4. The Morgan fingerprint density at radius 1 is 0.789 bits per heavy atom. The molecule has 0 aliphatic heterocycles. The molecule has 0 aromatic heterocycles. The van der Waals surface area contributed by atoms with Gasteiger partial charge in [0.05, 0.1) is 0 Å². The Hall–Kier alpha value is -1.49. The minimum absolute atomic E-state index is 0.0715. The van der Waals surface area contributed by atoms with Crippen molar-refractivity contribution < 1.29 is 44.0 Å². The predicted molar refractivity (Wildman–Crippen MR) is 62.3 cm³/mol. The van der Waals surface area contributed by atoms with Crippen molar-refractivity contribution in [3.63, 3.8) is 0 Å². The molecule has 0 saturated carbocycles. The van der Waals surface area contributed by atoms with Gasteiger partial charge in [0.25, 0.3) is 0 Å².